The van der Waals surface area contributed by atoms with E-state index in [1.165, 1.54) is 6.20 Å². The SMILES string of the molecule is CCC(C(=O)Nc1ccncc1)n1cc(Cl)cn1. The van der Waals surface area contributed by atoms with Gasteiger partial charge in [0.1, 0.15) is 6.04 Å². The van der Waals surface area contributed by atoms with Gasteiger partial charge in [-0.05, 0) is 18.6 Å². The second-order valence-corrected chi connectivity index (χ2v) is 4.22. The van der Waals surface area contributed by atoms with E-state index in [1.807, 2.05) is 6.92 Å². The third-order valence-corrected chi connectivity index (χ3v) is 2.72. The van der Waals surface area contributed by atoms with Crippen LogP contribution in [0.2, 0.25) is 5.02 Å². The number of nitrogens with one attached hydrogen (secondary N) is 1. The van der Waals surface area contributed by atoms with E-state index < -0.39 is 0 Å². The summed E-state index contributed by atoms with van der Waals surface area (Å²) >= 11 is 5.80. The Bertz CT molecular complexity index is 526. The van der Waals surface area contributed by atoms with Gasteiger partial charge < -0.3 is 5.32 Å². The van der Waals surface area contributed by atoms with Gasteiger partial charge in [0.05, 0.1) is 11.2 Å². The summed E-state index contributed by atoms with van der Waals surface area (Å²) in [6.45, 7) is 1.92. The molecule has 2 aromatic heterocycles. The molecule has 0 aromatic carbocycles. The minimum Gasteiger partial charge on any atom is -0.324 e. The number of amides is 1. The van der Waals surface area contributed by atoms with Crippen molar-refractivity contribution in [1.29, 1.82) is 0 Å². The highest BCUT2D eigenvalue weighted by Crippen LogP contribution is 2.16. The summed E-state index contributed by atoms with van der Waals surface area (Å²) in [7, 11) is 0. The van der Waals surface area contributed by atoms with E-state index in [9.17, 15) is 4.79 Å². The van der Waals surface area contributed by atoms with Crippen LogP contribution in [0.1, 0.15) is 19.4 Å². The molecule has 1 unspecified atom stereocenters. The first-order chi connectivity index (χ1) is 8.70. The van der Waals surface area contributed by atoms with Gasteiger partial charge in [0, 0.05) is 24.3 Å². The third-order valence-electron chi connectivity index (χ3n) is 2.53. The van der Waals surface area contributed by atoms with Gasteiger partial charge >= 0.3 is 0 Å². The Kier molecular flexibility index (Phi) is 3.94. The van der Waals surface area contributed by atoms with E-state index in [4.69, 9.17) is 11.6 Å². The zero-order valence-corrected chi connectivity index (χ0v) is 10.6. The second-order valence-electron chi connectivity index (χ2n) is 3.79. The summed E-state index contributed by atoms with van der Waals surface area (Å²) in [5, 5.41) is 7.40. The number of carbonyl (C=O) groups is 1. The minimum absolute atomic E-state index is 0.122. The molecule has 0 aliphatic carbocycles. The first kappa shape index (κ1) is 12.6. The predicted molar refractivity (Wildman–Crippen MR) is 69.4 cm³/mol. The number of halogens is 1. The highest BCUT2D eigenvalue weighted by molar-refractivity contribution is 6.30. The lowest BCUT2D eigenvalue weighted by Gasteiger charge is -2.15. The van der Waals surface area contributed by atoms with Crippen molar-refractivity contribution in [3.63, 3.8) is 0 Å². The number of anilines is 1. The molecular formula is C12H13ClN4O. The van der Waals surface area contributed by atoms with Gasteiger partial charge in [0.25, 0.3) is 0 Å². The standard InChI is InChI=1S/C12H13ClN4O/c1-2-11(17-8-9(13)7-15-17)12(18)16-10-3-5-14-6-4-10/h3-8,11H,2H2,1H3,(H,14,16,18). The average Bonchev–Trinajstić information content (AvgIpc) is 2.78. The first-order valence-electron chi connectivity index (χ1n) is 5.61. The first-order valence-corrected chi connectivity index (χ1v) is 5.99. The molecule has 5 nitrogen and oxygen atoms in total. The Morgan fingerprint density at radius 1 is 1.50 bits per heavy atom. The van der Waals surface area contributed by atoms with Gasteiger partial charge in [-0.2, -0.15) is 5.10 Å². The molecule has 6 heteroatoms. The van der Waals surface area contributed by atoms with E-state index in [0.29, 0.717) is 17.1 Å². The molecule has 1 N–H and O–H groups in total. The van der Waals surface area contributed by atoms with Crippen molar-refractivity contribution in [2.45, 2.75) is 19.4 Å². The fourth-order valence-electron chi connectivity index (χ4n) is 1.64. The van der Waals surface area contributed by atoms with Gasteiger partial charge in [0.2, 0.25) is 5.91 Å². The Labute approximate surface area is 110 Å². The van der Waals surface area contributed by atoms with Crippen LogP contribution in [0.4, 0.5) is 5.69 Å². The molecular weight excluding hydrogens is 252 g/mol. The molecule has 0 spiro atoms. The van der Waals surface area contributed by atoms with Crippen LogP contribution in [0.25, 0.3) is 0 Å². The maximum atomic E-state index is 12.1. The Morgan fingerprint density at radius 3 is 2.78 bits per heavy atom. The van der Waals surface area contributed by atoms with Gasteiger partial charge in [-0.25, -0.2) is 0 Å². The molecule has 0 bridgehead atoms. The summed E-state index contributed by atoms with van der Waals surface area (Å²) < 4.78 is 1.57. The zero-order chi connectivity index (χ0) is 13.0. The summed E-state index contributed by atoms with van der Waals surface area (Å²) in [5.74, 6) is -0.122. The van der Waals surface area contributed by atoms with Crippen molar-refractivity contribution in [1.82, 2.24) is 14.8 Å². The number of hydrogen-bond donors (Lipinski definition) is 1. The highest BCUT2D eigenvalue weighted by Gasteiger charge is 2.19. The smallest absolute Gasteiger partial charge is 0.249 e. The lowest BCUT2D eigenvalue weighted by Crippen LogP contribution is -2.25. The summed E-state index contributed by atoms with van der Waals surface area (Å²) in [4.78, 5) is 16.0. The molecule has 2 rings (SSSR count). The van der Waals surface area contributed by atoms with Crippen molar-refractivity contribution in [2.24, 2.45) is 0 Å². The molecule has 0 saturated carbocycles. The average molecular weight is 265 g/mol. The van der Waals surface area contributed by atoms with Crippen molar-refractivity contribution in [3.8, 4) is 0 Å². The molecule has 2 aromatic rings. The zero-order valence-electron chi connectivity index (χ0n) is 9.88. The highest BCUT2D eigenvalue weighted by atomic mass is 35.5. The number of carbonyl (C=O) groups excluding carboxylic acids is 1. The van der Waals surface area contributed by atoms with Crippen LogP contribution in [0.3, 0.4) is 0 Å². The molecule has 2 heterocycles. The van der Waals surface area contributed by atoms with E-state index in [1.54, 1.807) is 35.4 Å². The van der Waals surface area contributed by atoms with Crippen LogP contribution in [0, 0.1) is 0 Å². The van der Waals surface area contributed by atoms with Crippen LogP contribution in [0.5, 0.6) is 0 Å². The number of rotatable bonds is 4. The van der Waals surface area contributed by atoms with Crippen molar-refractivity contribution in [2.75, 3.05) is 5.32 Å². The molecule has 1 amide bonds. The monoisotopic (exact) mass is 264 g/mol. The van der Waals surface area contributed by atoms with Crippen LogP contribution in [-0.4, -0.2) is 20.7 Å². The van der Waals surface area contributed by atoms with Crippen molar-refractivity contribution < 1.29 is 4.79 Å². The van der Waals surface area contributed by atoms with Crippen LogP contribution in [-0.2, 0) is 4.79 Å². The van der Waals surface area contributed by atoms with Crippen LogP contribution in [0.15, 0.2) is 36.9 Å². The van der Waals surface area contributed by atoms with Gasteiger partial charge in [0.15, 0.2) is 0 Å². The maximum absolute atomic E-state index is 12.1. The fourth-order valence-corrected chi connectivity index (χ4v) is 1.78. The summed E-state index contributed by atoms with van der Waals surface area (Å²) in [6.07, 6.45) is 7.05. The number of aromatic nitrogens is 3. The van der Waals surface area contributed by atoms with Crippen LogP contribution >= 0.6 is 11.6 Å². The predicted octanol–water partition coefficient (Wildman–Crippen LogP) is 2.52. The van der Waals surface area contributed by atoms with E-state index in [0.717, 1.165) is 0 Å². The van der Waals surface area contributed by atoms with Gasteiger partial charge in [-0.1, -0.05) is 18.5 Å². The Morgan fingerprint density at radius 2 is 2.22 bits per heavy atom. The van der Waals surface area contributed by atoms with E-state index in [2.05, 4.69) is 15.4 Å². The minimum atomic E-state index is -0.370. The van der Waals surface area contributed by atoms with Crippen LogP contribution < -0.4 is 5.32 Å². The molecule has 18 heavy (non-hydrogen) atoms. The van der Waals surface area contributed by atoms with Crippen molar-refractivity contribution >= 4 is 23.2 Å². The molecule has 0 fully saturated rings. The molecule has 94 valence electrons. The van der Waals surface area contributed by atoms with Gasteiger partial charge in [-0.3, -0.25) is 14.5 Å². The number of pyridine rings is 1. The largest absolute Gasteiger partial charge is 0.324 e. The lowest BCUT2D eigenvalue weighted by atomic mass is 10.2. The normalized spacial score (nSPS) is 12.1. The molecule has 0 aliphatic rings. The van der Waals surface area contributed by atoms with Gasteiger partial charge in [-0.15, -0.1) is 0 Å². The lowest BCUT2D eigenvalue weighted by molar-refractivity contribution is -0.119. The second kappa shape index (κ2) is 5.64. The molecule has 1 atom stereocenters. The topological polar surface area (TPSA) is 59.8 Å². The number of nitrogens with zero attached hydrogens (tertiary/aromatic N) is 3. The van der Waals surface area contributed by atoms with E-state index in [-0.39, 0.29) is 11.9 Å². The quantitative estimate of drug-likeness (QED) is 0.923. The third kappa shape index (κ3) is 2.87. The summed E-state index contributed by atoms with van der Waals surface area (Å²) in [5.41, 5.74) is 0.715. The Balaban J connectivity index is 2.11. The van der Waals surface area contributed by atoms with E-state index >= 15 is 0 Å². The maximum Gasteiger partial charge on any atom is 0.249 e. The van der Waals surface area contributed by atoms with Crippen molar-refractivity contribution in [3.05, 3.63) is 41.9 Å². The molecule has 0 aliphatic heterocycles. The summed E-state index contributed by atoms with van der Waals surface area (Å²) in [6, 6.07) is 3.10. The number of hydrogen-bond acceptors (Lipinski definition) is 3. The molecule has 0 radical (unpaired) electrons. The fraction of sp³-hybridized carbons (Fsp3) is 0.250. The Hall–Kier alpha value is -1.88. The molecule has 0 saturated heterocycles.